The van der Waals surface area contributed by atoms with Gasteiger partial charge in [-0.3, -0.25) is 9.59 Å². The maximum absolute atomic E-state index is 11.8. The number of carbonyl (C=O) groups is 2. The molecule has 0 heterocycles. The van der Waals surface area contributed by atoms with E-state index in [2.05, 4.69) is 18.7 Å². The summed E-state index contributed by atoms with van der Waals surface area (Å²) in [5.74, 6) is 4.27. The molecule has 5 aliphatic rings. The van der Waals surface area contributed by atoms with Crippen molar-refractivity contribution in [2.75, 3.05) is 12.3 Å². The molecular weight excluding hydrogens is 442 g/mol. The number of thioether (sulfide) groups is 1. The summed E-state index contributed by atoms with van der Waals surface area (Å²) in [5.41, 5.74) is 1.65. The topological polar surface area (TPSA) is 57.6 Å². The second-order valence-electron chi connectivity index (χ2n) is 11.7. The van der Waals surface area contributed by atoms with Crippen LogP contribution >= 0.6 is 11.8 Å². The van der Waals surface area contributed by atoms with E-state index in [-0.39, 0.29) is 16.8 Å². The molecule has 1 N–H and O–H groups in total. The molecule has 6 atom stereocenters. The molecule has 0 spiro atoms. The van der Waals surface area contributed by atoms with Crippen LogP contribution in [0.3, 0.4) is 0 Å². The van der Waals surface area contributed by atoms with Crippen molar-refractivity contribution in [3.05, 3.63) is 11.6 Å². The summed E-state index contributed by atoms with van der Waals surface area (Å²) in [6.07, 6.45) is 17.2. The average Bonchev–Trinajstić information content (AvgIpc) is 3.15. The fraction of sp³-hybridized carbons (Fsp3) is 0.862. The van der Waals surface area contributed by atoms with Crippen LogP contribution < -0.4 is 0 Å². The van der Waals surface area contributed by atoms with E-state index < -0.39 is 0 Å². The van der Waals surface area contributed by atoms with Crippen LogP contribution in [0.2, 0.25) is 0 Å². The third kappa shape index (κ3) is 5.31. The number of aliphatic hydroxyl groups excluding tert-OH is 1. The van der Waals surface area contributed by atoms with Gasteiger partial charge in [0, 0.05) is 19.0 Å². The van der Waals surface area contributed by atoms with E-state index >= 15 is 0 Å². The minimum Gasteiger partial charge on any atom is -0.393 e. The molecule has 0 unspecified atom stereocenters. The van der Waals surface area contributed by atoms with Gasteiger partial charge in [0.25, 0.3) is 5.24 Å². The molecule has 0 aromatic rings. The predicted octanol–water partition coefficient (Wildman–Crippen LogP) is 7.00. The number of carbonyl (C=O) groups excluding carboxylic acids is 2. The van der Waals surface area contributed by atoms with Gasteiger partial charge in [-0.25, -0.2) is 0 Å². The summed E-state index contributed by atoms with van der Waals surface area (Å²) >= 11 is 1.44. The first-order valence-corrected chi connectivity index (χ1v) is 15.2. The van der Waals surface area contributed by atoms with E-state index in [1.807, 2.05) is 13.0 Å². The molecule has 5 rings (SSSR count). The van der Waals surface area contributed by atoms with E-state index in [0.717, 1.165) is 55.7 Å². The lowest BCUT2D eigenvalue weighted by Gasteiger charge is -2.53. The number of ketones is 1. The van der Waals surface area contributed by atoms with Crippen molar-refractivity contribution in [3.8, 4) is 0 Å². The van der Waals surface area contributed by atoms with Crippen molar-refractivity contribution in [3.63, 3.8) is 0 Å². The molecule has 4 saturated carbocycles. The molecule has 34 heavy (non-hydrogen) atoms. The Morgan fingerprint density at radius 2 is 1.79 bits per heavy atom. The minimum absolute atomic E-state index is 0.0710. The SMILES string of the molecule is CCSC(=O)N(CC)C1CCCCC1.C[C@]12CC[C@H]3[C@@H](CCC4=CC(=O)CC[C@@H]43)[C@@H]1CC[C@@H]2O. The Balaban J connectivity index is 0.000000173. The third-order valence-electron chi connectivity index (χ3n) is 10.1. The van der Waals surface area contributed by atoms with Crippen molar-refractivity contribution in [2.45, 2.75) is 116 Å². The molecular formula is C29H47NO3S. The van der Waals surface area contributed by atoms with Crippen LogP contribution in [-0.4, -0.2) is 45.5 Å². The number of allylic oxidation sites excluding steroid dienone is 1. The van der Waals surface area contributed by atoms with Crippen LogP contribution in [0, 0.1) is 29.1 Å². The Kier molecular flexibility index (Phi) is 8.88. The lowest BCUT2D eigenvalue weighted by atomic mass is 9.52. The molecule has 0 bridgehead atoms. The van der Waals surface area contributed by atoms with E-state index in [1.54, 1.807) is 0 Å². The normalized spacial score (nSPS) is 37.5. The highest BCUT2D eigenvalue weighted by Crippen LogP contribution is 2.61. The molecule has 0 aliphatic heterocycles. The van der Waals surface area contributed by atoms with E-state index in [1.165, 1.54) is 75.1 Å². The third-order valence-corrected chi connectivity index (χ3v) is 10.9. The predicted molar refractivity (Wildman–Crippen MR) is 141 cm³/mol. The van der Waals surface area contributed by atoms with Gasteiger partial charge < -0.3 is 10.0 Å². The number of hydrogen-bond acceptors (Lipinski definition) is 4. The number of hydrogen-bond donors (Lipinski definition) is 1. The van der Waals surface area contributed by atoms with Gasteiger partial charge in [0.15, 0.2) is 5.78 Å². The molecule has 0 aromatic heterocycles. The summed E-state index contributed by atoms with van der Waals surface area (Å²) in [4.78, 5) is 25.5. The second-order valence-corrected chi connectivity index (χ2v) is 12.9. The van der Waals surface area contributed by atoms with E-state index in [9.17, 15) is 14.7 Å². The number of aliphatic hydroxyl groups is 1. The molecule has 4 fully saturated rings. The van der Waals surface area contributed by atoms with Gasteiger partial charge in [0.1, 0.15) is 0 Å². The zero-order valence-electron chi connectivity index (χ0n) is 21.8. The van der Waals surface area contributed by atoms with Gasteiger partial charge in [-0.2, -0.15) is 0 Å². The van der Waals surface area contributed by atoms with Gasteiger partial charge in [-0.15, -0.1) is 0 Å². The highest BCUT2D eigenvalue weighted by atomic mass is 32.2. The summed E-state index contributed by atoms with van der Waals surface area (Å²) in [7, 11) is 0. The molecule has 5 heteroatoms. The quantitative estimate of drug-likeness (QED) is 0.463. The summed E-state index contributed by atoms with van der Waals surface area (Å²) < 4.78 is 0. The van der Waals surface area contributed by atoms with Gasteiger partial charge in [0.2, 0.25) is 0 Å². The Hall–Kier alpha value is -0.810. The van der Waals surface area contributed by atoms with Crippen LogP contribution in [0.15, 0.2) is 11.6 Å². The zero-order valence-corrected chi connectivity index (χ0v) is 22.6. The van der Waals surface area contributed by atoms with Crippen LogP contribution in [0.5, 0.6) is 0 Å². The summed E-state index contributed by atoms with van der Waals surface area (Å²) in [6.45, 7) is 7.33. The Morgan fingerprint density at radius 3 is 2.50 bits per heavy atom. The fourth-order valence-electron chi connectivity index (χ4n) is 8.29. The van der Waals surface area contributed by atoms with Gasteiger partial charge >= 0.3 is 0 Å². The molecule has 5 aliphatic carbocycles. The lowest BCUT2D eigenvalue weighted by Crippen LogP contribution is -2.47. The molecule has 192 valence electrons. The first-order valence-electron chi connectivity index (χ1n) is 14.2. The number of nitrogens with zero attached hydrogens (tertiary/aromatic N) is 1. The first kappa shape index (κ1) is 26.3. The average molecular weight is 490 g/mol. The Bertz CT molecular complexity index is 760. The zero-order chi connectivity index (χ0) is 24.3. The highest BCUT2D eigenvalue weighted by molar-refractivity contribution is 8.13. The minimum atomic E-state index is -0.0710. The number of fused-ring (bicyclic) bond motifs is 5. The van der Waals surface area contributed by atoms with Crippen molar-refractivity contribution in [2.24, 2.45) is 29.1 Å². The molecule has 0 saturated heterocycles. The van der Waals surface area contributed by atoms with E-state index in [0.29, 0.717) is 17.7 Å². The second kappa shape index (κ2) is 11.5. The number of rotatable bonds is 3. The smallest absolute Gasteiger partial charge is 0.281 e. The van der Waals surface area contributed by atoms with Crippen LogP contribution in [0.4, 0.5) is 4.79 Å². The van der Waals surface area contributed by atoms with Crippen molar-refractivity contribution >= 4 is 22.8 Å². The molecule has 1 amide bonds. The molecule has 0 radical (unpaired) electrons. The Morgan fingerprint density at radius 1 is 1.03 bits per heavy atom. The maximum atomic E-state index is 11.8. The Labute approximate surface area is 211 Å². The monoisotopic (exact) mass is 489 g/mol. The van der Waals surface area contributed by atoms with Gasteiger partial charge in [-0.05, 0) is 106 Å². The number of amides is 1. The fourth-order valence-corrected chi connectivity index (χ4v) is 8.98. The van der Waals surface area contributed by atoms with Crippen LogP contribution in [0.25, 0.3) is 0 Å². The van der Waals surface area contributed by atoms with Crippen molar-refractivity contribution in [1.82, 2.24) is 4.90 Å². The largest absolute Gasteiger partial charge is 0.393 e. The van der Waals surface area contributed by atoms with E-state index in [4.69, 9.17) is 0 Å². The maximum Gasteiger partial charge on any atom is 0.281 e. The van der Waals surface area contributed by atoms with Crippen molar-refractivity contribution < 1.29 is 14.7 Å². The first-order chi connectivity index (χ1) is 16.4. The molecule has 0 aromatic carbocycles. The summed E-state index contributed by atoms with van der Waals surface area (Å²) in [5, 5.41) is 10.7. The van der Waals surface area contributed by atoms with Gasteiger partial charge in [0.05, 0.1) is 6.10 Å². The van der Waals surface area contributed by atoms with Crippen LogP contribution in [-0.2, 0) is 4.79 Å². The lowest BCUT2D eigenvalue weighted by molar-refractivity contribution is -0.116. The summed E-state index contributed by atoms with van der Waals surface area (Å²) in [6, 6.07) is 0.528. The molecule has 4 nitrogen and oxygen atoms in total. The standard InChI is InChI=1S/C18H26O2.C11H21NOS/c1-18-9-8-14-13-5-3-12(19)10-11(13)2-4-15(14)16(18)6-7-17(18)20;1-3-12(11(13)14-4-2)10-8-6-5-7-9-10/h10,13-17,20H,2-9H2,1H3;10H,3-9H2,1-2H3/t13-,14+,15+,16-,17-,18-;/m0./s1. The van der Waals surface area contributed by atoms with Crippen LogP contribution in [0.1, 0.15) is 104 Å². The van der Waals surface area contributed by atoms with Gasteiger partial charge in [-0.1, -0.05) is 50.4 Å². The highest BCUT2D eigenvalue weighted by Gasteiger charge is 2.55. The van der Waals surface area contributed by atoms with Crippen molar-refractivity contribution in [1.29, 1.82) is 0 Å².